The van der Waals surface area contributed by atoms with Gasteiger partial charge in [-0.1, -0.05) is 26.7 Å². The highest BCUT2D eigenvalue weighted by atomic mass is 16.2. The van der Waals surface area contributed by atoms with Crippen molar-refractivity contribution in [2.75, 3.05) is 32.7 Å². The normalized spacial score (nSPS) is 27.8. The molecule has 0 radical (unpaired) electrons. The molecule has 4 heteroatoms. The molecule has 116 valence electrons. The van der Waals surface area contributed by atoms with E-state index in [1.165, 1.54) is 45.2 Å². The lowest BCUT2D eigenvalue weighted by Crippen LogP contribution is -2.56. The Bertz CT molecular complexity index is 309. The highest BCUT2D eigenvalue weighted by molar-refractivity contribution is 5.82. The third-order valence-electron chi connectivity index (χ3n) is 4.82. The Hall–Kier alpha value is -0.610. The molecule has 0 aromatic carbocycles. The van der Waals surface area contributed by atoms with Gasteiger partial charge in [0.05, 0.1) is 6.04 Å². The van der Waals surface area contributed by atoms with Gasteiger partial charge in [-0.05, 0) is 50.7 Å². The summed E-state index contributed by atoms with van der Waals surface area (Å²) >= 11 is 0. The van der Waals surface area contributed by atoms with Crippen LogP contribution in [0.1, 0.15) is 52.4 Å². The summed E-state index contributed by atoms with van der Waals surface area (Å²) in [5.74, 6) is 0.185. The molecule has 2 rings (SSSR count). The van der Waals surface area contributed by atoms with Crippen molar-refractivity contribution in [2.45, 2.75) is 58.4 Å². The van der Waals surface area contributed by atoms with Crippen LogP contribution >= 0.6 is 0 Å². The van der Waals surface area contributed by atoms with E-state index in [1.54, 1.807) is 0 Å². The molecule has 2 fully saturated rings. The van der Waals surface area contributed by atoms with Crippen molar-refractivity contribution in [3.05, 3.63) is 0 Å². The third kappa shape index (κ3) is 4.45. The van der Waals surface area contributed by atoms with Crippen molar-refractivity contribution >= 4 is 5.91 Å². The van der Waals surface area contributed by atoms with Gasteiger partial charge in [-0.2, -0.15) is 0 Å². The van der Waals surface area contributed by atoms with Gasteiger partial charge in [0.2, 0.25) is 5.91 Å². The van der Waals surface area contributed by atoms with Crippen LogP contribution in [0.5, 0.6) is 0 Å². The van der Waals surface area contributed by atoms with E-state index in [4.69, 9.17) is 0 Å². The predicted molar refractivity (Wildman–Crippen MR) is 82.7 cm³/mol. The predicted octanol–water partition coefficient (Wildman–Crippen LogP) is 1.76. The highest BCUT2D eigenvalue weighted by Gasteiger charge is 2.36. The van der Waals surface area contributed by atoms with E-state index >= 15 is 0 Å². The summed E-state index contributed by atoms with van der Waals surface area (Å²) in [5.41, 5.74) is 0.0743. The molecule has 0 spiro atoms. The molecule has 0 saturated carbocycles. The second kappa shape index (κ2) is 7.41. The summed E-state index contributed by atoms with van der Waals surface area (Å²) in [6.45, 7) is 9.53. The zero-order valence-corrected chi connectivity index (χ0v) is 13.2. The molecule has 2 aliphatic rings. The monoisotopic (exact) mass is 281 g/mol. The number of hydrogen-bond acceptors (Lipinski definition) is 3. The van der Waals surface area contributed by atoms with Gasteiger partial charge in [0.1, 0.15) is 0 Å². The molecule has 1 atom stereocenters. The number of piperidine rings is 1. The average Bonchev–Trinajstić information content (AvgIpc) is 2.66. The fourth-order valence-electron chi connectivity index (χ4n) is 3.46. The second-order valence-electron chi connectivity index (χ2n) is 7.03. The van der Waals surface area contributed by atoms with Crippen molar-refractivity contribution in [2.24, 2.45) is 5.41 Å². The van der Waals surface area contributed by atoms with Gasteiger partial charge in [-0.15, -0.1) is 0 Å². The number of rotatable bonds is 4. The summed E-state index contributed by atoms with van der Waals surface area (Å²) in [6, 6.07) is -0.0274. The smallest absolute Gasteiger partial charge is 0.237 e. The first-order valence-electron chi connectivity index (χ1n) is 8.33. The zero-order chi connectivity index (χ0) is 14.4. The van der Waals surface area contributed by atoms with Gasteiger partial charge < -0.3 is 15.5 Å². The summed E-state index contributed by atoms with van der Waals surface area (Å²) in [7, 11) is 0. The number of carbonyl (C=O) groups is 1. The Balaban J connectivity index is 1.71. The van der Waals surface area contributed by atoms with Crippen molar-refractivity contribution < 1.29 is 4.79 Å². The van der Waals surface area contributed by atoms with E-state index in [0.29, 0.717) is 0 Å². The van der Waals surface area contributed by atoms with Crippen LogP contribution in [0.25, 0.3) is 0 Å². The van der Waals surface area contributed by atoms with Gasteiger partial charge >= 0.3 is 0 Å². The van der Waals surface area contributed by atoms with E-state index in [0.717, 1.165) is 26.1 Å². The van der Waals surface area contributed by atoms with Gasteiger partial charge in [0, 0.05) is 13.1 Å². The number of hydrogen-bond donors (Lipinski definition) is 2. The lowest BCUT2D eigenvalue weighted by Gasteiger charge is -2.38. The van der Waals surface area contributed by atoms with E-state index in [2.05, 4.69) is 29.4 Å². The highest BCUT2D eigenvalue weighted by Crippen LogP contribution is 2.29. The summed E-state index contributed by atoms with van der Waals surface area (Å²) < 4.78 is 0. The lowest BCUT2D eigenvalue weighted by molar-refractivity contribution is -0.126. The fourth-order valence-corrected chi connectivity index (χ4v) is 3.46. The van der Waals surface area contributed by atoms with Gasteiger partial charge in [0.25, 0.3) is 0 Å². The summed E-state index contributed by atoms with van der Waals surface area (Å²) in [6.07, 6.45) is 7.65. The van der Waals surface area contributed by atoms with Gasteiger partial charge in [-0.25, -0.2) is 0 Å². The minimum atomic E-state index is -0.0274. The first kappa shape index (κ1) is 15.8. The Morgan fingerprint density at radius 2 is 1.90 bits per heavy atom. The Kier molecular flexibility index (Phi) is 5.85. The molecule has 4 nitrogen and oxygen atoms in total. The first-order valence-corrected chi connectivity index (χ1v) is 8.33. The second-order valence-corrected chi connectivity index (χ2v) is 7.03. The third-order valence-corrected chi connectivity index (χ3v) is 4.82. The Morgan fingerprint density at radius 1 is 1.20 bits per heavy atom. The van der Waals surface area contributed by atoms with Gasteiger partial charge in [-0.3, -0.25) is 4.79 Å². The molecule has 0 aliphatic carbocycles. The minimum absolute atomic E-state index is 0.0274. The molecule has 0 aromatic rings. The molecule has 2 heterocycles. The van der Waals surface area contributed by atoms with Crippen LogP contribution in [-0.2, 0) is 4.79 Å². The fraction of sp³-hybridized carbons (Fsp3) is 0.938. The van der Waals surface area contributed by atoms with Gasteiger partial charge in [0.15, 0.2) is 0 Å². The van der Waals surface area contributed by atoms with Crippen LogP contribution < -0.4 is 10.6 Å². The molecule has 2 N–H and O–H groups in total. The lowest BCUT2D eigenvalue weighted by atomic mass is 9.77. The van der Waals surface area contributed by atoms with Crippen LogP contribution in [0.3, 0.4) is 0 Å². The maximum absolute atomic E-state index is 12.3. The van der Waals surface area contributed by atoms with Crippen molar-refractivity contribution in [1.82, 2.24) is 15.5 Å². The number of nitrogens with zero attached hydrogens (tertiary/aromatic N) is 1. The number of likely N-dealkylation sites (tertiary alicyclic amines) is 1. The molecule has 2 saturated heterocycles. The Labute approximate surface area is 123 Å². The van der Waals surface area contributed by atoms with E-state index < -0.39 is 0 Å². The van der Waals surface area contributed by atoms with E-state index in [9.17, 15) is 4.79 Å². The standard InChI is InChI=1S/C16H31N3O/c1-16(2)8-7-9-17-14(16)15(20)18-10-13-19-11-5-3-4-6-12-19/h14,17H,3-13H2,1-2H3,(H,18,20). The van der Waals surface area contributed by atoms with Crippen LogP contribution in [-0.4, -0.2) is 49.6 Å². The molecular weight excluding hydrogens is 250 g/mol. The summed E-state index contributed by atoms with van der Waals surface area (Å²) in [4.78, 5) is 14.8. The number of nitrogens with one attached hydrogen (secondary N) is 2. The SMILES string of the molecule is CC1(C)CCCNC1C(=O)NCCN1CCCCCC1. The molecule has 0 bridgehead atoms. The maximum atomic E-state index is 12.3. The largest absolute Gasteiger partial charge is 0.353 e. The molecule has 1 unspecified atom stereocenters. The van der Waals surface area contributed by atoms with Crippen LogP contribution in [0, 0.1) is 5.41 Å². The molecule has 1 amide bonds. The molecule has 2 aliphatic heterocycles. The minimum Gasteiger partial charge on any atom is -0.353 e. The molecular formula is C16H31N3O. The Morgan fingerprint density at radius 3 is 2.55 bits per heavy atom. The van der Waals surface area contributed by atoms with Crippen molar-refractivity contribution in [1.29, 1.82) is 0 Å². The van der Waals surface area contributed by atoms with Crippen LogP contribution in [0.15, 0.2) is 0 Å². The molecule has 20 heavy (non-hydrogen) atoms. The first-order chi connectivity index (χ1) is 9.59. The molecule has 0 aromatic heterocycles. The quantitative estimate of drug-likeness (QED) is 0.825. The van der Waals surface area contributed by atoms with Crippen LogP contribution in [0.2, 0.25) is 0 Å². The zero-order valence-electron chi connectivity index (χ0n) is 13.2. The summed E-state index contributed by atoms with van der Waals surface area (Å²) in [5, 5.41) is 6.51. The van der Waals surface area contributed by atoms with E-state index in [-0.39, 0.29) is 17.4 Å². The van der Waals surface area contributed by atoms with Crippen molar-refractivity contribution in [3.63, 3.8) is 0 Å². The van der Waals surface area contributed by atoms with E-state index in [1.807, 2.05) is 0 Å². The topological polar surface area (TPSA) is 44.4 Å². The van der Waals surface area contributed by atoms with Crippen LogP contribution in [0.4, 0.5) is 0 Å². The van der Waals surface area contributed by atoms with Crippen molar-refractivity contribution in [3.8, 4) is 0 Å². The number of amides is 1. The maximum Gasteiger partial charge on any atom is 0.237 e. The average molecular weight is 281 g/mol. The number of carbonyl (C=O) groups excluding carboxylic acids is 1.